The highest BCUT2D eigenvalue weighted by Crippen LogP contribution is 2.28. The lowest BCUT2D eigenvalue weighted by molar-refractivity contribution is 0.414. The molecule has 0 bridgehead atoms. The number of rotatable bonds is 5. The van der Waals surface area contributed by atoms with Gasteiger partial charge < -0.3 is 4.74 Å². The number of nitrogens with zero attached hydrogens (tertiary/aromatic N) is 5. The summed E-state index contributed by atoms with van der Waals surface area (Å²) in [5.74, 6) is 1.79. The fourth-order valence-electron chi connectivity index (χ4n) is 2.11. The van der Waals surface area contributed by atoms with Gasteiger partial charge in [-0.05, 0) is 36.4 Å². The number of ether oxygens (including phenoxy) is 1. The summed E-state index contributed by atoms with van der Waals surface area (Å²) in [6.45, 7) is 0. The number of methoxy groups -OCH3 is 1. The maximum Gasteiger partial charge on any atom is 0.197 e. The number of aromatic nitrogens is 4. The van der Waals surface area contributed by atoms with Crippen molar-refractivity contribution >= 4 is 11.8 Å². The first-order chi connectivity index (χ1) is 11.3. The van der Waals surface area contributed by atoms with Crippen molar-refractivity contribution in [3.05, 3.63) is 48.8 Å². The largest absolute Gasteiger partial charge is 0.497 e. The van der Waals surface area contributed by atoms with Gasteiger partial charge in [0.15, 0.2) is 11.0 Å². The summed E-state index contributed by atoms with van der Waals surface area (Å²) in [6.07, 6.45) is 3.43. The standard InChI is InChI=1S/C16H13N5OS/c1-22-14-4-2-13(3-5-14)21-15(12-6-9-18-10-7-12)19-20-16(21)23-11-8-17/h2-7,9-10H,11H2,1H3. The number of hydrogen-bond donors (Lipinski definition) is 0. The smallest absolute Gasteiger partial charge is 0.197 e. The van der Waals surface area contributed by atoms with Crippen LogP contribution in [0.5, 0.6) is 5.75 Å². The zero-order valence-corrected chi connectivity index (χ0v) is 13.2. The minimum Gasteiger partial charge on any atom is -0.497 e. The summed E-state index contributed by atoms with van der Waals surface area (Å²) in [5, 5.41) is 18.0. The van der Waals surface area contributed by atoms with Crippen LogP contribution in [0.3, 0.4) is 0 Å². The highest BCUT2D eigenvalue weighted by atomic mass is 32.2. The lowest BCUT2D eigenvalue weighted by Gasteiger charge is -2.10. The first kappa shape index (κ1) is 15.1. The lowest BCUT2D eigenvalue weighted by atomic mass is 10.2. The third kappa shape index (κ3) is 3.17. The molecule has 0 fully saturated rings. The monoisotopic (exact) mass is 323 g/mol. The van der Waals surface area contributed by atoms with Crippen molar-refractivity contribution in [2.45, 2.75) is 5.16 Å². The van der Waals surface area contributed by atoms with E-state index in [0.29, 0.717) is 16.7 Å². The molecule has 0 aliphatic rings. The second kappa shape index (κ2) is 6.94. The fraction of sp³-hybridized carbons (Fsp3) is 0.125. The Morgan fingerprint density at radius 3 is 2.52 bits per heavy atom. The average Bonchev–Trinajstić information content (AvgIpc) is 3.04. The molecule has 2 aromatic heterocycles. The van der Waals surface area contributed by atoms with E-state index in [0.717, 1.165) is 17.0 Å². The summed E-state index contributed by atoms with van der Waals surface area (Å²) in [4.78, 5) is 4.03. The number of nitriles is 1. The molecule has 3 aromatic rings. The molecule has 6 nitrogen and oxygen atoms in total. The van der Waals surface area contributed by atoms with Gasteiger partial charge in [-0.15, -0.1) is 10.2 Å². The van der Waals surface area contributed by atoms with Crippen molar-refractivity contribution in [2.24, 2.45) is 0 Å². The van der Waals surface area contributed by atoms with Gasteiger partial charge >= 0.3 is 0 Å². The predicted octanol–water partition coefficient (Wildman–Crippen LogP) is 2.95. The molecule has 0 unspecified atom stereocenters. The summed E-state index contributed by atoms with van der Waals surface area (Å²) in [6, 6.07) is 13.5. The van der Waals surface area contributed by atoms with E-state index in [2.05, 4.69) is 21.3 Å². The third-order valence-corrected chi connectivity index (χ3v) is 3.96. The Hall–Kier alpha value is -2.85. The zero-order chi connectivity index (χ0) is 16.1. The van der Waals surface area contributed by atoms with Crippen molar-refractivity contribution in [3.63, 3.8) is 0 Å². The van der Waals surface area contributed by atoms with Gasteiger partial charge in [0.25, 0.3) is 0 Å². The second-order valence-electron chi connectivity index (χ2n) is 4.52. The molecule has 0 aliphatic heterocycles. The Labute approximate surface area is 137 Å². The first-order valence-corrected chi connectivity index (χ1v) is 7.82. The van der Waals surface area contributed by atoms with Crippen molar-refractivity contribution in [2.75, 3.05) is 12.9 Å². The molecule has 0 atom stereocenters. The maximum absolute atomic E-state index is 8.83. The van der Waals surface area contributed by atoms with Gasteiger partial charge in [0, 0.05) is 23.6 Å². The van der Waals surface area contributed by atoms with Crippen LogP contribution in [0.15, 0.2) is 53.9 Å². The molecule has 2 heterocycles. The van der Waals surface area contributed by atoms with E-state index in [9.17, 15) is 0 Å². The summed E-state index contributed by atoms with van der Waals surface area (Å²) >= 11 is 1.35. The first-order valence-electron chi connectivity index (χ1n) is 6.83. The van der Waals surface area contributed by atoms with E-state index in [1.54, 1.807) is 19.5 Å². The van der Waals surface area contributed by atoms with Crippen molar-refractivity contribution in [1.29, 1.82) is 5.26 Å². The Balaban J connectivity index is 2.10. The Morgan fingerprint density at radius 1 is 1.13 bits per heavy atom. The summed E-state index contributed by atoms with van der Waals surface area (Å²) in [5.41, 5.74) is 1.81. The van der Waals surface area contributed by atoms with Crippen LogP contribution in [0, 0.1) is 11.3 Å². The average molecular weight is 323 g/mol. The van der Waals surface area contributed by atoms with Crippen LogP contribution in [0.2, 0.25) is 0 Å². The van der Waals surface area contributed by atoms with E-state index in [4.69, 9.17) is 10.00 Å². The minimum absolute atomic E-state index is 0.310. The van der Waals surface area contributed by atoms with Gasteiger partial charge in [-0.1, -0.05) is 11.8 Å². The maximum atomic E-state index is 8.83. The van der Waals surface area contributed by atoms with Gasteiger partial charge in [0.2, 0.25) is 0 Å². The van der Waals surface area contributed by atoms with Crippen LogP contribution in [-0.4, -0.2) is 32.6 Å². The van der Waals surface area contributed by atoms with Gasteiger partial charge in [-0.3, -0.25) is 9.55 Å². The van der Waals surface area contributed by atoms with Gasteiger partial charge in [0.1, 0.15) is 5.75 Å². The van der Waals surface area contributed by atoms with Crippen LogP contribution < -0.4 is 4.74 Å². The summed E-state index contributed by atoms with van der Waals surface area (Å²) in [7, 11) is 1.63. The minimum atomic E-state index is 0.310. The number of hydrogen-bond acceptors (Lipinski definition) is 6. The molecule has 0 N–H and O–H groups in total. The molecule has 0 saturated carbocycles. The molecular formula is C16H13N5OS. The normalized spacial score (nSPS) is 10.3. The van der Waals surface area contributed by atoms with Crippen LogP contribution in [-0.2, 0) is 0 Å². The molecule has 1 aromatic carbocycles. The highest BCUT2D eigenvalue weighted by molar-refractivity contribution is 7.99. The van der Waals surface area contributed by atoms with Gasteiger partial charge in [-0.25, -0.2) is 0 Å². The molecule has 0 amide bonds. The predicted molar refractivity (Wildman–Crippen MR) is 87.5 cm³/mol. The molecule has 114 valence electrons. The van der Waals surface area contributed by atoms with E-state index in [-0.39, 0.29) is 0 Å². The molecule has 3 rings (SSSR count). The molecule has 0 spiro atoms. The van der Waals surface area contributed by atoms with Crippen LogP contribution >= 0.6 is 11.8 Å². The second-order valence-corrected chi connectivity index (χ2v) is 5.46. The Bertz CT molecular complexity index is 824. The van der Waals surface area contributed by atoms with Crippen molar-refractivity contribution in [1.82, 2.24) is 19.7 Å². The highest BCUT2D eigenvalue weighted by Gasteiger charge is 2.16. The topological polar surface area (TPSA) is 76.6 Å². The van der Waals surface area contributed by atoms with Gasteiger partial charge in [-0.2, -0.15) is 5.26 Å². The summed E-state index contributed by atoms with van der Waals surface area (Å²) < 4.78 is 7.13. The molecule has 7 heteroatoms. The Kier molecular flexibility index (Phi) is 4.54. The number of benzene rings is 1. The van der Waals surface area contributed by atoms with Crippen LogP contribution in [0.4, 0.5) is 0 Å². The van der Waals surface area contributed by atoms with Crippen molar-refractivity contribution in [3.8, 4) is 28.9 Å². The SMILES string of the molecule is COc1ccc(-n2c(SCC#N)nnc2-c2ccncc2)cc1. The molecule has 0 aliphatic carbocycles. The van der Waals surface area contributed by atoms with E-state index < -0.39 is 0 Å². The van der Waals surface area contributed by atoms with E-state index in [1.807, 2.05) is 41.0 Å². The number of pyridine rings is 1. The number of thioether (sulfide) groups is 1. The zero-order valence-electron chi connectivity index (χ0n) is 12.4. The quantitative estimate of drug-likeness (QED) is 0.672. The van der Waals surface area contributed by atoms with Crippen LogP contribution in [0.1, 0.15) is 0 Å². The molecule has 23 heavy (non-hydrogen) atoms. The Morgan fingerprint density at radius 2 is 1.87 bits per heavy atom. The molecule has 0 saturated heterocycles. The lowest BCUT2D eigenvalue weighted by Crippen LogP contribution is -2.00. The van der Waals surface area contributed by atoms with E-state index in [1.165, 1.54) is 11.8 Å². The van der Waals surface area contributed by atoms with E-state index >= 15 is 0 Å². The van der Waals surface area contributed by atoms with Crippen LogP contribution in [0.25, 0.3) is 17.1 Å². The van der Waals surface area contributed by atoms with Crippen molar-refractivity contribution < 1.29 is 4.74 Å². The third-order valence-electron chi connectivity index (χ3n) is 3.17. The molecule has 0 radical (unpaired) electrons. The fourth-order valence-corrected chi connectivity index (χ4v) is 2.73. The molecular weight excluding hydrogens is 310 g/mol. The van der Waals surface area contributed by atoms with Gasteiger partial charge in [0.05, 0.1) is 18.9 Å².